The molecule has 0 aromatic carbocycles. The van der Waals surface area contributed by atoms with Crippen molar-refractivity contribution in [1.29, 1.82) is 0 Å². The fraction of sp³-hybridized carbons (Fsp3) is 0.714. The van der Waals surface area contributed by atoms with Crippen molar-refractivity contribution in [3.05, 3.63) is 0 Å². The van der Waals surface area contributed by atoms with Crippen LogP contribution in [0.4, 0.5) is 0 Å². The van der Waals surface area contributed by atoms with Crippen LogP contribution < -0.4 is 0 Å². The normalized spacial score (nSPS) is 12.2. The minimum atomic E-state index is -1.75. The Morgan fingerprint density at radius 1 is 0.632 bits per heavy atom. The van der Waals surface area contributed by atoms with Crippen LogP contribution in [0.2, 0.25) is 52.4 Å². The van der Waals surface area contributed by atoms with Gasteiger partial charge < -0.3 is 8.85 Å². The van der Waals surface area contributed by atoms with Crippen LogP contribution in [-0.4, -0.2) is 37.9 Å². The molecule has 0 atom stereocenters. The molecule has 0 saturated carbocycles. The Labute approximate surface area is 122 Å². The SMILES string of the molecule is C[Si](C)(C#CCO[Si](C)(C)C)C#CCO[Si](C)(C)C. The minimum absolute atomic E-state index is 0.541. The summed E-state index contributed by atoms with van der Waals surface area (Å²) in [6.45, 7) is 18.4. The maximum Gasteiger partial charge on any atom is 0.211 e. The fourth-order valence-electron chi connectivity index (χ4n) is 1.05. The molecule has 0 aromatic rings. The Bertz CT molecular complexity index is 357. The lowest BCUT2D eigenvalue weighted by Crippen LogP contribution is -2.27. The summed E-state index contributed by atoms with van der Waals surface area (Å²) in [5.74, 6) is 6.26. The van der Waals surface area contributed by atoms with Gasteiger partial charge >= 0.3 is 0 Å². The highest BCUT2D eigenvalue weighted by molar-refractivity contribution is 6.92. The molecule has 19 heavy (non-hydrogen) atoms. The topological polar surface area (TPSA) is 18.5 Å². The Kier molecular flexibility index (Phi) is 7.35. The first-order valence-electron chi connectivity index (χ1n) is 6.69. The van der Waals surface area contributed by atoms with E-state index in [9.17, 15) is 0 Å². The average molecular weight is 313 g/mol. The van der Waals surface area contributed by atoms with E-state index in [2.05, 4.69) is 75.3 Å². The van der Waals surface area contributed by atoms with Crippen molar-refractivity contribution >= 4 is 24.7 Å². The predicted octanol–water partition coefficient (Wildman–Crippen LogP) is 3.48. The maximum absolute atomic E-state index is 5.72. The van der Waals surface area contributed by atoms with Crippen LogP contribution in [0.1, 0.15) is 0 Å². The molecule has 0 spiro atoms. The van der Waals surface area contributed by atoms with E-state index in [1.807, 2.05) is 0 Å². The third kappa shape index (κ3) is 13.9. The van der Waals surface area contributed by atoms with Gasteiger partial charge in [0.25, 0.3) is 0 Å². The van der Waals surface area contributed by atoms with E-state index in [1.165, 1.54) is 0 Å². The molecule has 0 fully saturated rings. The highest BCUT2D eigenvalue weighted by Gasteiger charge is 2.16. The van der Waals surface area contributed by atoms with Crippen molar-refractivity contribution in [3.63, 3.8) is 0 Å². The van der Waals surface area contributed by atoms with E-state index in [-0.39, 0.29) is 0 Å². The van der Waals surface area contributed by atoms with E-state index in [0.717, 1.165) is 0 Å². The van der Waals surface area contributed by atoms with Crippen LogP contribution in [0.5, 0.6) is 0 Å². The first kappa shape index (κ1) is 18.7. The van der Waals surface area contributed by atoms with Crippen molar-refractivity contribution in [2.75, 3.05) is 13.2 Å². The first-order chi connectivity index (χ1) is 8.41. The van der Waals surface area contributed by atoms with E-state index in [1.54, 1.807) is 0 Å². The van der Waals surface area contributed by atoms with Gasteiger partial charge in [-0.1, -0.05) is 11.8 Å². The lowest BCUT2D eigenvalue weighted by molar-refractivity contribution is 0.365. The van der Waals surface area contributed by atoms with E-state index in [0.29, 0.717) is 13.2 Å². The van der Waals surface area contributed by atoms with Gasteiger partial charge in [0.1, 0.15) is 0 Å². The molecule has 0 radical (unpaired) electrons. The third-order valence-electron chi connectivity index (χ3n) is 1.96. The molecule has 0 aliphatic rings. The molecular formula is C14H28O2Si3. The summed E-state index contributed by atoms with van der Waals surface area (Å²) in [6.07, 6.45) is 0. The monoisotopic (exact) mass is 312 g/mol. The summed E-state index contributed by atoms with van der Waals surface area (Å²) >= 11 is 0. The quantitative estimate of drug-likeness (QED) is 0.584. The molecule has 0 rings (SSSR count). The van der Waals surface area contributed by atoms with Gasteiger partial charge in [0.15, 0.2) is 16.6 Å². The summed E-state index contributed by atoms with van der Waals surface area (Å²) in [4.78, 5) is 0. The predicted molar refractivity (Wildman–Crippen MR) is 91.6 cm³/mol. The van der Waals surface area contributed by atoms with Crippen molar-refractivity contribution in [3.8, 4) is 22.9 Å². The summed E-state index contributed by atoms with van der Waals surface area (Å²) in [7, 11) is -4.64. The zero-order chi connectivity index (χ0) is 15.2. The second-order valence-corrected chi connectivity index (χ2v) is 19.8. The maximum atomic E-state index is 5.72. The largest absolute Gasteiger partial charge is 0.407 e. The molecule has 108 valence electrons. The van der Waals surface area contributed by atoms with Gasteiger partial charge in [0.2, 0.25) is 8.07 Å². The molecule has 0 unspecified atom stereocenters. The molecule has 0 amide bonds. The molecule has 0 saturated heterocycles. The standard InChI is InChI=1S/C14H28O2Si3/c1-17(2,3)15-11-9-13-19(7,8)14-10-12-16-18(4,5)6/h11-12H2,1-8H3. The molecule has 0 aliphatic carbocycles. The zero-order valence-electron chi connectivity index (χ0n) is 13.7. The van der Waals surface area contributed by atoms with Gasteiger partial charge in [0, 0.05) is 0 Å². The Morgan fingerprint density at radius 3 is 1.21 bits per heavy atom. The number of rotatable bonds is 4. The van der Waals surface area contributed by atoms with Gasteiger partial charge in [-0.15, -0.1) is 11.1 Å². The molecule has 5 heteroatoms. The highest BCUT2D eigenvalue weighted by Crippen LogP contribution is 2.03. The smallest absolute Gasteiger partial charge is 0.211 e. The molecule has 0 heterocycles. The third-order valence-corrected chi connectivity index (χ3v) is 5.58. The second kappa shape index (κ2) is 7.47. The Hall–Kier alpha value is -0.309. The van der Waals surface area contributed by atoms with Crippen LogP contribution in [0.15, 0.2) is 0 Å². The van der Waals surface area contributed by atoms with E-state index < -0.39 is 24.7 Å². The van der Waals surface area contributed by atoms with E-state index in [4.69, 9.17) is 8.85 Å². The summed E-state index contributed by atoms with van der Waals surface area (Å²) in [5, 5.41) is 0. The van der Waals surface area contributed by atoms with Gasteiger partial charge in [-0.3, -0.25) is 0 Å². The van der Waals surface area contributed by atoms with Gasteiger partial charge in [-0.2, -0.15) is 0 Å². The van der Waals surface area contributed by atoms with Crippen molar-refractivity contribution in [2.24, 2.45) is 0 Å². The average Bonchev–Trinajstić information content (AvgIpc) is 2.17. The molecule has 2 nitrogen and oxygen atoms in total. The lowest BCUT2D eigenvalue weighted by Gasteiger charge is -2.14. The van der Waals surface area contributed by atoms with Crippen LogP contribution in [0.3, 0.4) is 0 Å². The first-order valence-corrected chi connectivity index (χ1v) is 16.5. The van der Waals surface area contributed by atoms with Gasteiger partial charge in [-0.05, 0) is 52.4 Å². The minimum Gasteiger partial charge on any atom is -0.407 e. The Morgan fingerprint density at radius 2 is 0.947 bits per heavy atom. The molecule has 0 bridgehead atoms. The summed E-state index contributed by atoms with van der Waals surface area (Å²) in [6, 6.07) is 0. The van der Waals surface area contributed by atoms with E-state index >= 15 is 0 Å². The van der Waals surface area contributed by atoms with Crippen molar-refractivity contribution in [1.82, 2.24) is 0 Å². The second-order valence-electron chi connectivity index (χ2n) is 7.03. The van der Waals surface area contributed by atoms with Crippen LogP contribution in [0.25, 0.3) is 0 Å². The highest BCUT2D eigenvalue weighted by atomic mass is 28.4. The Balaban J connectivity index is 4.26. The summed E-state index contributed by atoms with van der Waals surface area (Å²) in [5.41, 5.74) is 6.60. The van der Waals surface area contributed by atoms with Crippen LogP contribution in [0, 0.1) is 22.9 Å². The van der Waals surface area contributed by atoms with Crippen LogP contribution in [-0.2, 0) is 8.85 Å². The summed E-state index contributed by atoms with van der Waals surface area (Å²) < 4.78 is 11.4. The van der Waals surface area contributed by atoms with Gasteiger partial charge in [-0.25, -0.2) is 0 Å². The fourth-order valence-corrected chi connectivity index (χ4v) is 3.15. The van der Waals surface area contributed by atoms with Crippen LogP contribution >= 0.6 is 0 Å². The molecule has 0 aromatic heterocycles. The molecule has 0 N–H and O–H groups in total. The van der Waals surface area contributed by atoms with Gasteiger partial charge in [0.05, 0.1) is 13.2 Å². The zero-order valence-corrected chi connectivity index (χ0v) is 16.7. The molecular weight excluding hydrogens is 284 g/mol. The van der Waals surface area contributed by atoms with Crippen molar-refractivity contribution < 1.29 is 8.85 Å². The lowest BCUT2D eigenvalue weighted by atomic mass is 10.8. The molecule has 0 aliphatic heterocycles. The van der Waals surface area contributed by atoms with Crippen molar-refractivity contribution in [2.45, 2.75) is 52.4 Å². The number of hydrogen-bond acceptors (Lipinski definition) is 2. The number of hydrogen-bond donors (Lipinski definition) is 0.